The summed E-state index contributed by atoms with van der Waals surface area (Å²) in [6, 6.07) is 9.92. The van der Waals surface area contributed by atoms with Crippen molar-refractivity contribution in [2.75, 3.05) is 11.4 Å². The molecule has 0 atom stereocenters. The average molecular weight is 363 g/mol. The molecule has 0 bridgehead atoms. The maximum Gasteiger partial charge on any atom is 0.259 e. The summed E-state index contributed by atoms with van der Waals surface area (Å²) in [5, 5.41) is 3.09. The fourth-order valence-electron chi connectivity index (χ4n) is 4.10. The standard InChI is InChI=1S/C22H25N3O2/c26-21(24-19-9-2-1-3-10-19)17-13-18(15-23-14-17)22(27)25-12-6-8-16-7-4-5-11-20(16)25/h4-5,7,11,13-15,19H,1-3,6,8-10,12H2,(H,24,26). The number of para-hydroxylation sites is 1. The molecule has 0 spiro atoms. The van der Waals surface area contributed by atoms with Crippen LogP contribution in [-0.2, 0) is 6.42 Å². The number of carbonyl (C=O) groups excluding carboxylic acids is 2. The van der Waals surface area contributed by atoms with Crippen LogP contribution in [0.4, 0.5) is 5.69 Å². The molecule has 140 valence electrons. The molecular formula is C22H25N3O2. The molecular weight excluding hydrogens is 338 g/mol. The summed E-state index contributed by atoms with van der Waals surface area (Å²) in [6.45, 7) is 0.689. The van der Waals surface area contributed by atoms with Crippen molar-refractivity contribution in [2.24, 2.45) is 0 Å². The molecule has 27 heavy (non-hydrogen) atoms. The van der Waals surface area contributed by atoms with Gasteiger partial charge in [-0.15, -0.1) is 0 Å². The third-order valence-corrected chi connectivity index (χ3v) is 5.54. The predicted octanol–water partition coefficient (Wildman–Crippen LogP) is 3.74. The Morgan fingerprint density at radius 3 is 2.63 bits per heavy atom. The lowest BCUT2D eigenvalue weighted by Crippen LogP contribution is -2.37. The number of pyridine rings is 1. The monoisotopic (exact) mass is 363 g/mol. The minimum atomic E-state index is -0.136. The lowest BCUT2D eigenvalue weighted by Gasteiger charge is -2.29. The highest BCUT2D eigenvalue weighted by Gasteiger charge is 2.24. The fraction of sp³-hybridized carbons (Fsp3) is 0.409. The normalized spacial score (nSPS) is 17.3. The molecule has 1 N–H and O–H groups in total. The van der Waals surface area contributed by atoms with E-state index in [2.05, 4.69) is 16.4 Å². The second-order valence-electron chi connectivity index (χ2n) is 7.46. The zero-order chi connectivity index (χ0) is 18.6. The molecule has 1 aromatic heterocycles. The number of aromatic nitrogens is 1. The largest absolute Gasteiger partial charge is 0.349 e. The van der Waals surface area contributed by atoms with E-state index in [9.17, 15) is 9.59 Å². The molecule has 1 aliphatic heterocycles. The Kier molecular flexibility index (Phi) is 5.19. The van der Waals surface area contributed by atoms with Gasteiger partial charge in [-0.2, -0.15) is 0 Å². The van der Waals surface area contributed by atoms with Gasteiger partial charge in [-0.3, -0.25) is 14.6 Å². The zero-order valence-corrected chi connectivity index (χ0v) is 15.5. The maximum absolute atomic E-state index is 13.1. The van der Waals surface area contributed by atoms with E-state index >= 15 is 0 Å². The van der Waals surface area contributed by atoms with Crippen molar-refractivity contribution in [3.63, 3.8) is 0 Å². The summed E-state index contributed by atoms with van der Waals surface area (Å²) in [5.74, 6) is -0.231. The Morgan fingerprint density at radius 2 is 1.78 bits per heavy atom. The smallest absolute Gasteiger partial charge is 0.259 e. The van der Waals surface area contributed by atoms with E-state index in [4.69, 9.17) is 0 Å². The number of nitrogens with one attached hydrogen (secondary N) is 1. The summed E-state index contributed by atoms with van der Waals surface area (Å²) in [7, 11) is 0. The van der Waals surface area contributed by atoms with E-state index in [0.29, 0.717) is 17.7 Å². The first-order valence-electron chi connectivity index (χ1n) is 9.88. The molecule has 1 aliphatic carbocycles. The summed E-state index contributed by atoms with van der Waals surface area (Å²) >= 11 is 0. The number of hydrogen-bond acceptors (Lipinski definition) is 3. The van der Waals surface area contributed by atoms with E-state index < -0.39 is 0 Å². The molecule has 2 aliphatic rings. The molecule has 1 saturated carbocycles. The Labute approximate surface area is 159 Å². The Bertz CT molecular complexity index is 843. The zero-order valence-electron chi connectivity index (χ0n) is 15.5. The highest BCUT2D eigenvalue weighted by Crippen LogP contribution is 2.28. The molecule has 0 saturated heterocycles. The highest BCUT2D eigenvalue weighted by molar-refractivity contribution is 6.08. The van der Waals surface area contributed by atoms with Gasteiger partial charge in [0, 0.05) is 30.7 Å². The molecule has 1 fully saturated rings. The molecule has 2 aromatic rings. The number of carbonyl (C=O) groups is 2. The third-order valence-electron chi connectivity index (χ3n) is 5.54. The van der Waals surface area contributed by atoms with Gasteiger partial charge in [-0.25, -0.2) is 0 Å². The minimum absolute atomic E-state index is 0.0954. The van der Waals surface area contributed by atoms with Crippen LogP contribution in [0.2, 0.25) is 0 Å². The third kappa shape index (κ3) is 3.87. The van der Waals surface area contributed by atoms with Gasteiger partial charge in [0.15, 0.2) is 0 Å². The van der Waals surface area contributed by atoms with Crippen LogP contribution in [0.15, 0.2) is 42.7 Å². The number of benzene rings is 1. The van der Waals surface area contributed by atoms with Crippen molar-refractivity contribution < 1.29 is 9.59 Å². The van der Waals surface area contributed by atoms with Crippen molar-refractivity contribution in [1.29, 1.82) is 0 Å². The van der Waals surface area contributed by atoms with Crippen LogP contribution in [-0.4, -0.2) is 29.4 Å². The van der Waals surface area contributed by atoms with Crippen molar-refractivity contribution in [3.8, 4) is 0 Å². The highest BCUT2D eigenvalue weighted by atomic mass is 16.2. The van der Waals surface area contributed by atoms with Crippen molar-refractivity contribution in [2.45, 2.75) is 51.0 Å². The number of fused-ring (bicyclic) bond motifs is 1. The van der Waals surface area contributed by atoms with Gasteiger partial charge in [0.1, 0.15) is 0 Å². The quantitative estimate of drug-likeness (QED) is 0.904. The summed E-state index contributed by atoms with van der Waals surface area (Å²) in [5.41, 5.74) is 3.07. The van der Waals surface area contributed by atoms with Gasteiger partial charge < -0.3 is 10.2 Å². The van der Waals surface area contributed by atoms with E-state index in [1.807, 2.05) is 18.2 Å². The molecule has 0 unspecified atom stereocenters. The Hall–Kier alpha value is -2.69. The van der Waals surface area contributed by atoms with Crippen molar-refractivity contribution in [1.82, 2.24) is 10.3 Å². The van der Waals surface area contributed by atoms with E-state index in [1.165, 1.54) is 12.0 Å². The Morgan fingerprint density at radius 1 is 1.00 bits per heavy atom. The van der Waals surface area contributed by atoms with Crippen LogP contribution in [0.3, 0.4) is 0 Å². The van der Waals surface area contributed by atoms with E-state index in [-0.39, 0.29) is 17.9 Å². The molecule has 2 amide bonds. The van der Waals surface area contributed by atoms with Crippen LogP contribution in [0.5, 0.6) is 0 Å². The second kappa shape index (κ2) is 7.91. The number of anilines is 1. The van der Waals surface area contributed by atoms with Crippen molar-refractivity contribution in [3.05, 3.63) is 59.4 Å². The first-order chi connectivity index (χ1) is 13.2. The van der Waals surface area contributed by atoms with Crippen LogP contribution in [0.1, 0.15) is 64.8 Å². The first-order valence-corrected chi connectivity index (χ1v) is 9.88. The predicted molar refractivity (Wildman–Crippen MR) is 105 cm³/mol. The molecule has 4 rings (SSSR count). The second-order valence-corrected chi connectivity index (χ2v) is 7.46. The fourth-order valence-corrected chi connectivity index (χ4v) is 4.10. The van der Waals surface area contributed by atoms with Crippen LogP contribution < -0.4 is 10.2 Å². The average Bonchev–Trinajstić information content (AvgIpc) is 2.73. The van der Waals surface area contributed by atoms with E-state index in [1.54, 1.807) is 23.4 Å². The molecule has 5 heteroatoms. The number of hydrogen-bond donors (Lipinski definition) is 1. The molecule has 2 heterocycles. The molecule has 5 nitrogen and oxygen atoms in total. The maximum atomic E-state index is 13.1. The van der Waals surface area contributed by atoms with Gasteiger partial charge in [-0.05, 0) is 43.4 Å². The van der Waals surface area contributed by atoms with Gasteiger partial charge in [0.25, 0.3) is 11.8 Å². The number of amides is 2. The molecule has 1 aromatic carbocycles. The topological polar surface area (TPSA) is 62.3 Å². The minimum Gasteiger partial charge on any atom is -0.349 e. The van der Waals surface area contributed by atoms with Crippen LogP contribution in [0.25, 0.3) is 0 Å². The lowest BCUT2D eigenvalue weighted by molar-refractivity contribution is 0.0927. The van der Waals surface area contributed by atoms with Gasteiger partial charge >= 0.3 is 0 Å². The number of aryl methyl sites for hydroxylation is 1. The van der Waals surface area contributed by atoms with Crippen LogP contribution in [0, 0.1) is 0 Å². The Balaban J connectivity index is 1.52. The van der Waals surface area contributed by atoms with Crippen molar-refractivity contribution >= 4 is 17.5 Å². The lowest BCUT2D eigenvalue weighted by atomic mass is 9.95. The number of rotatable bonds is 3. The summed E-state index contributed by atoms with van der Waals surface area (Å²) < 4.78 is 0. The van der Waals surface area contributed by atoms with E-state index in [0.717, 1.165) is 44.2 Å². The number of nitrogens with zero attached hydrogens (tertiary/aromatic N) is 2. The van der Waals surface area contributed by atoms with Crippen LogP contribution >= 0.6 is 0 Å². The first kappa shape index (κ1) is 17.7. The van der Waals surface area contributed by atoms with Gasteiger partial charge in [0.2, 0.25) is 0 Å². The van der Waals surface area contributed by atoms with Gasteiger partial charge in [-0.1, -0.05) is 37.5 Å². The molecule has 0 radical (unpaired) electrons. The summed E-state index contributed by atoms with van der Waals surface area (Å²) in [4.78, 5) is 31.6. The van der Waals surface area contributed by atoms with Gasteiger partial charge in [0.05, 0.1) is 11.1 Å². The SMILES string of the molecule is O=C(NC1CCCCC1)c1cncc(C(=O)N2CCCc3ccccc32)c1. The summed E-state index contributed by atoms with van der Waals surface area (Å²) in [6.07, 6.45) is 10.7.